The molecule has 0 saturated carbocycles. The number of rotatable bonds is 4. The lowest BCUT2D eigenvalue weighted by Gasteiger charge is -2.27. The van der Waals surface area contributed by atoms with Crippen LogP contribution in [0.2, 0.25) is 0 Å². The maximum atomic E-state index is 9.45. The van der Waals surface area contributed by atoms with E-state index < -0.39 is 0 Å². The number of hydrogen-bond donors (Lipinski definition) is 2. The van der Waals surface area contributed by atoms with Crippen LogP contribution in [0.15, 0.2) is 30.5 Å². The van der Waals surface area contributed by atoms with Crippen LogP contribution in [-0.4, -0.2) is 37.8 Å². The predicted molar refractivity (Wildman–Crippen MR) is 94.1 cm³/mol. The summed E-state index contributed by atoms with van der Waals surface area (Å²) in [6.45, 7) is 4.80. The molecule has 2 aromatic heterocycles. The minimum Gasteiger partial charge on any atom is -0.395 e. The molecule has 0 aliphatic carbocycles. The highest BCUT2D eigenvalue weighted by atomic mass is 32.1. The van der Waals surface area contributed by atoms with Crippen molar-refractivity contribution < 1.29 is 5.11 Å². The molecule has 2 atom stereocenters. The molecule has 0 bridgehead atoms. The second-order valence-corrected chi connectivity index (χ2v) is 6.32. The first-order valence-electron chi connectivity index (χ1n) is 7.76. The largest absolute Gasteiger partial charge is 0.395 e. The third-order valence-electron chi connectivity index (χ3n) is 4.67. The Morgan fingerprint density at radius 1 is 1.35 bits per heavy atom. The number of nitrogens with one attached hydrogen (secondary N) is 1. The molecular weight excluding hydrogens is 308 g/mol. The summed E-state index contributed by atoms with van der Waals surface area (Å²) in [5, 5.41) is 13.5. The molecule has 1 aliphatic heterocycles. The van der Waals surface area contributed by atoms with Crippen LogP contribution in [0.1, 0.15) is 34.7 Å². The van der Waals surface area contributed by atoms with Gasteiger partial charge in [0.15, 0.2) is 5.11 Å². The van der Waals surface area contributed by atoms with Crippen molar-refractivity contribution in [1.29, 1.82) is 0 Å². The molecule has 0 unspecified atom stereocenters. The summed E-state index contributed by atoms with van der Waals surface area (Å²) >= 11 is 5.51. The van der Waals surface area contributed by atoms with E-state index in [0.29, 0.717) is 11.7 Å². The van der Waals surface area contributed by atoms with Crippen LogP contribution >= 0.6 is 12.2 Å². The zero-order valence-corrected chi connectivity index (χ0v) is 14.5. The van der Waals surface area contributed by atoms with Gasteiger partial charge < -0.3 is 19.9 Å². The molecule has 2 aromatic rings. The van der Waals surface area contributed by atoms with Crippen LogP contribution in [0.25, 0.3) is 0 Å². The lowest BCUT2D eigenvalue weighted by Crippen LogP contribution is -2.32. The molecule has 2 N–H and O–H groups in total. The fourth-order valence-electron chi connectivity index (χ4n) is 3.28. The van der Waals surface area contributed by atoms with Gasteiger partial charge in [-0.25, -0.2) is 0 Å². The fraction of sp³-hybridized carbons (Fsp3) is 0.412. The van der Waals surface area contributed by atoms with Crippen molar-refractivity contribution in [3.05, 3.63) is 53.1 Å². The van der Waals surface area contributed by atoms with Crippen LogP contribution in [0, 0.1) is 13.8 Å². The number of aliphatic hydroxyl groups is 1. The molecule has 1 saturated heterocycles. The van der Waals surface area contributed by atoms with Gasteiger partial charge in [0.2, 0.25) is 0 Å². The van der Waals surface area contributed by atoms with Gasteiger partial charge >= 0.3 is 0 Å². The van der Waals surface area contributed by atoms with E-state index in [1.807, 2.05) is 18.2 Å². The second-order valence-electron chi connectivity index (χ2n) is 5.93. The van der Waals surface area contributed by atoms with Gasteiger partial charge in [0.25, 0.3) is 0 Å². The first-order chi connectivity index (χ1) is 11.0. The summed E-state index contributed by atoms with van der Waals surface area (Å²) in [4.78, 5) is 6.57. The van der Waals surface area contributed by atoms with Crippen molar-refractivity contribution in [3.8, 4) is 0 Å². The van der Waals surface area contributed by atoms with Crippen LogP contribution in [0.5, 0.6) is 0 Å². The van der Waals surface area contributed by atoms with E-state index in [2.05, 4.69) is 46.7 Å². The van der Waals surface area contributed by atoms with E-state index in [9.17, 15) is 5.11 Å². The van der Waals surface area contributed by atoms with Crippen LogP contribution in [0.3, 0.4) is 0 Å². The van der Waals surface area contributed by atoms with E-state index in [4.69, 9.17) is 12.2 Å². The zero-order valence-electron chi connectivity index (χ0n) is 13.7. The first-order valence-corrected chi connectivity index (χ1v) is 8.17. The van der Waals surface area contributed by atoms with E-state index in [1.54, 1.807) is 6.20 Å². The summed E-state index contributed by atoms with van der Waals surface area (Å²) in [6.07, 6.45) is 1.80. The van der Waals surface area contributed by atoms with Crippen molar-refractivity contribution in [2.45, 2.75) is 25.9 Å². The third-order valence-corrected chi connectivity index (χ3v) is 5.02. The standard InChI is InChI=1S/C17H22N4OS/c1-11-10-13(12(2)20(11)3)16-15(14-6-4-5-7-18-14)19-17(23)21(16)8-9-22/h4-7,10,15-16,22H,8-9H2,1-3H3,(H,19,23)/t15-,16+/m1/s1. The number of pyridine rings is 1. The Morgan fingerprint density at radius 2 is 2.13 bits per heavy atom. The maximum absolute atomic E-state index is 9.45. The summed E-state index contributed by atoms with van der Waals surface area (Å²) in [5.74, 6) is 0. The number of hydrogen-bond acceptors (Lipinski definition) is 3. The van der Waals surface area contributed by atoms with Crippen LogP contribution in [0.4, 0.5) is 0 Å². The van der Waals surface area contributed by atoms with Crippen molar-refractivity contribution in [2.24, 2.45) is 7.05 Å². The van der Waals surface area contributed by atoms with Gasteiger partial charge in [-0.05, 0) is 49.8 Å². The number of β-amino-alcohol motifs (C(OH)–C–C–N with tert-alkyl or cyclic N) is 1. The number of aliphatic hydroxyl groups excluding tert-OH is 1. The molecule has 6 heteroatoms. The van der Waals surface area contributed by atoms with E-state index in [-0.39, 0.29) is 18.7 Å². The van der Waals surface area contributed by atoms with Crippen molar-refractivity contribution in [1.82, 2.24) is 19.8 Å². The topological polar surface area (TPSA) is 53.3 Å². The van der Waals surface area contributed by atoms with Gasteiger partial charge in [0.05, 0.1) is 24.4 Å². The van der Waals surface area contributed by atoms with Gasteiger partial charge in [0.1, 0.15) is 0 Å². The van der Waals surface area contributed by atoms with Gasteiger partial charge in [-0.3, -0.25) is 4.98 Å². The summed E-state index contributed by atoms with van der Waals surface area (Å²) in [7, 11) is 2.07. The number of aryl methyl sites for hydroxylation is 1. The quantitative estimate of drug-likeness (QED) is 0.840. The lowest BCUT2D eigenvalue weighted by molar-refractivity contribution is 0.223. The molecule has 0 spiro atoms. The van der Waals surface area contributed by atoms with Crippen LogP contribution < -0.4 is 5.32 Å². The smallest absolute Gasteiger partial charge is 0.170 e. The predicted octanol–water partition coefficient (Wildman–Crippen LogP) is 2.00. The zero-order chi connectivity index (χ0) is 16.6. The monoisotopic (exact) mass is 330 g/mol. The van der Waals surface area contributed by atoms with E-state index in [0.717, 1.165) is 5.69 Å². The third kappa shape index (κ3) is 2.72. The molecule has 1 aliphatic rings. The normalized spacial score (nSPS) is 20.9. The minimum absolute atomic E-state index is 0.0178. The maximum Gasteiger partial charge on any atom is 0.170 e. The summed E-state index contributed by atoms with van der Waals surface area (Å²) < 4.78 is 2.18. The summed E-state index contributed by atoms with van der Waals surface area (Å²) in [5.41, 5.74) is 4.60. The van der Waals surface area contributed by atoms with Gasteiger partial charge in [-0.1, -0.05) is 6.07 Å². The minimum atomic E-state index is -0.0178. The molecule has 1 fully saturated rings. The first kappa shape index (κ1) is 16.0. The molecule has 5 nitrogen and oxygen atoms in total. The van der Waals surface area contributed by atoms with Crippen molar-refractivity contribution in [2.75, 3.05) is 13.2 Å². The Labute approximate surface area is 142 Å². The lowest BCUT2D eigenvalue weighted by atomic mass is 9.97. The van der Waals surface area contributed by atoms with Gasteiger partial charge in [-0.2, -0.15) is 0 Å². The molecular formula is C17H22N4OS. The number of aromatic nitrogens is 2. The number of nitrogens with zero attached hydrogens (tertiary/aromatic N) is 3. The fourth-order valence-corrected chi connectivity index (χ4v) is 3.61. The Morgan fingerprint density at radius 3 is 2.70 bits per heavy atom. The molecule has 23 heavy (non-hydrogen) atoms. The molecule has 122 valence electrons. The van der Waals surface area contributed by atoms with Crippen molar-refractivity contribution in [3.63, 3.8) is 0 Å². The molecule has 0 amide bonds. The average molecular weight is 330 g/mol. The van der Waals surface area contributed by atoms with Crippen molar-refractivity contribution >= 4 is 17.3 Å². The molecule has 3 rings (SSSR count). The summed E-state index contributed by atoms with van der Waals surface area (Å²) in [6, 6.07) is 8.13. The second kappa shape index (κ2) is 6.29. The molecule has 3 heterocycles. The highest BCUT2D eigenvalue weighted by Crippen LogP contribution is 2.40. The van der Waals surface area contributed by atoms with Gasteiger partial charge in [0, 0.05) is 31.2 Å². The average Bonchev–Trinajstić information content (AvgIpc) is 3.01. The highest BCUT2D eigenvalue weighted by Gasteiger charge is 2.40. The Kier molecular flexibility index (Phi) is 4.37. The van der Waals surface area contributed by atoms with E-state index >= 15 is 0 Å². The van der Waals surface area contributed by atoms with E-state index in [1.165, 1.54) is 17.0 Å². The molecule has 0 radical (unpaired) electrons. The molecule has 0 aromatic carbocycles. The highest BCUT2D eigenvalue weighted by molar-refractivity contribution is 7.80. The Hall–Kier alpha value is -1.92. The Balaban J connectivity index is 2.09. The van der Waals surface area contributed by atoms with Gasteiger partial charge in [-0.15, -0.1) is 0 Å². The van der Waals surface area contributed by atoms with Crippen LogP contribution in [-0.2, 0) is 7.05 Å². The Bertz CT molecular complexity index is 713. The SMILES string of the molecule is Cc1cc([C@H]2[C@@H](c3ccccn3)NC(=S)N2CCO)c(C)n1C. The number of thiocarbonyl (C=S) groups is 1.